The predicted molar refractivity (Wildman–Crippen MR) is 57.8 cm³/mol. The standard InChI is InChI=1S/C10H19NO2.ClH/c1-10(12-6-7-13-10)8-9-2-4-11-5-3-9;/h9,11H,2-8H2,1H3;1H. The zero-order valence-corrected chi connectivity index (χ0v) is 9.57. The van der Waals surface area contributed by atoms with Crippen molar-refractivity contribution in [3.63, 3.8) is 0 Å². The molecule has 0 aromatic carbocycles. The first kappa shape index (κ1) is 12.2. The van der Waals surface area contributed by atoms with Crippen molar-refractivity contribution >= 4 is 12.4 Å². The quantitative estimate of drug-likeness (QED) is 0.768. The monoisotopic (exact) mass is 221 g/mol. The lowest BCUT2D eigenvalue weighted by atomic mass is 9.91. The molecule has 2 heterocycles. The Labute approximate surface area is 91.9 Å². The van der Waals surface area contributed by atoms with E-state index in [0.29, 0.717) is 0 Å². The number of piperidine rings is 1. The molecule has 3 nitrogen and oxygen atoms in total. The molecule has 0 bridgehead atoms. The van der Waals surface area contributed by atoms with Gasteiger partial charge in [0.25, 0.3) is 0 Å². The molecule has 0 atom stereocenters. The third-order valence-corrected chi connectivity index (χ3v) is 3.02. The molecule has 0 spiro atoms. The molecule has 0 aromatic rings. The summed E-state index contributed by atoms with van der Waals surface area (Å²) in [7, 11) is 0. The minimum atomic E-state index is -0.276. The van der Waals surface area contributed by atoms with Crippen molar-refractivity contribution in [2.24, 2.45) is 5.92 Å². The van der Waals surface area contributed by atoms with Crippen molar-refractivity contribution < 1.29 is 9.47 Å². The molecule has 0 unspecified atom stereocenters. The molecular weight excluding hydrogens is 202 g/mol. The first-order valence-corrected chi connectivity index (χ1v) is 5.27. The molecule has 2 aliphatic rings. The molecule has 0 aromatic heterocycles. The van der Waals surface area contributed by atoms with E-state index in [9.17, 15) is 0 Å². The van der Waals surface area contributed by atoms with E-state index in [1.54, 1.807) is 0 Å². The summed E-state index contributed by atoms with van der Waals surface area (Å²) in [4.78, 5) is 0. The Bertz CT molecular complexity index is 166. The first-order chi connectivity index (χ1) is 6.29. The van der Waals surface area contributed by atoms with Crippen LogP contribution in [0.2, 0.25) is 0 Å². The molecule has 2 fully saturated rings. The van der Waals surface area contributed by atoms with Crippen molar-refractivity contribution in [3.05, 3.63) is 0 Å². The van der Waals surface area contributed by atoms with Crippen LogP contribution in [-0.4, -0.2) is 32.1 Å². The van der Waals surface area contributed by atoms with Gasteiger partial charge in [0.05, 0.1) is 13.2 Å². The SMILES string of the molecule is CC1(CC2CCNCC2)OCCO1.Cl. The average Bonchev–Trinajstić information content (AvgIpc) is 2.54. The van der Waals surface area contributed by atoms with Gasteiger partial charge < -0.3 is 14.8 Å². The second kappa shape index (κ2) is 5.31. The van der Waals surface area contributed by atoms with Crippen molar-refractivity contribution in [2.75, 3.05) is 26.3 Å². The number of rotatable bonds is 2. The Balaban J connectivity index is 0.000000980. The van der Waals surface area contributed by atoms with Crippen LogP contribution < -0.4 is 5.32 Å². The Morgan fingerprint density at radius 1 is 1.21 bits per heavy atom. The lowest BCUT2D eigenvalue weighted by Gasteiger charge is -2.30. The van der Waals surface area contributed by atoms with E-state index in [4.69, 9.17) is 9.47 Å². The van der Waals surface area contributed by atoms with Crippen LogP contribution in [0.15, 0.2) is 0 Å². The van der Waals surface area contributed by atoms with Crippen LogP contribution in [0.1, 0.15) is 26.2 Å². The zero-order chi connectivity index (χ0) is 9.15. The highest BCUT2D eigenvalue weighted by Gasteiger charge is 2.33. The van der Waals surface area contributed by atoms with Gasteiger partial charge in [0, 0.05) is 6.42 Å². The number of ether oxygens (including phenoxy) is 2. The van der Waals surface area contributed by atoms with Gasteiger partial charge in [-0.3, -0.25) is 0 Å². The highest BCUT2D eigenvalue weighted by atomic mass is 35.5. The van der Waals surface area contributed by atoms with Crippen LogP contribution in [0.25, 0.3) is 0 Å². The van der Waals surface area contributed by atoms with Gasteiger partial charge in [-0.05, 0) is 38.8 Å². The summed E-state index contributed by atoms with van der Waals surface area (Å²) in [6, 6.07) is 0. The fraction of sp³-hybridized carbons (Fsp3) is 1.00. The Morgan fingerprint density at radius 2 is 1.79 bits per heavy atom. The Hall–Kier alpha value is 0.170. The normalized spacial score (nSPS) is 27.2. The molecule has 4 heteroatoms. The number of hydrogen-bond acceptors (Lipinski definition) is 3. The highest BCUT2D eigenvalue weighted by molar-refractivity contribution is 5.85. The summed E-state index contributed by atoms with van der Waals surface area (Å²) in [6.45, 7) is 5.91. The third kappa shape index (κ3) is 3.09. The molecule has 2 rings (SSSR count). The van der Waals surface area contributed by atoms with E-state index in [1.165, 1.54) is 12.8 Å². The summed E-state index contributed by atoms with van der Waals surface area (Å²) in [6.07, 6.45) is 3.60. The lowest BCUT2D eigenvalue weighted by Crippen LogP contribution is -2.34. The van der Waals surface area contributed by atoms with Gasteiger partial charge >= 0.3 is 0 Å². The van der Waals surface area contributed by atoms with E-state index in [1.807, 2.05) is 0 Å². The van der Waals surface area contributed by atoms with E-state index in [-0.39, 0.29) is 18.2 Å². The molecule has 0 saturated carbocycles. The molecular formula is C10H20ClNO2. The summed E-state index contributed by atoms with van der Waals surface area (Å²) < 4.78 is 11.2. The van der Waals surface area contributed by atoms with Gasteiger partial charge in [-0.15, -0.1) is 12.4 Å². The van der Waals surface area contributed by atoms with Crippen LogP contribution in [0, 0.1) is 5.92 Å². The summed E-state index contributed by atoms with van der Waals surface area (Å²) >= 11 is 0. The Morgan fingerprint density at radius 3 is 2.36 bits per heavy atom. The largest absolute Gasteiger partial charge is 0.348 e. The summed E-state index contributed by atoms with van der Waals surface area (Å²) in [5.74, 6) is 0.506. The zero-order valence-electron chi connectivity index (χ0n) is 8.75. The molecule has 0 radical (unpaired) electrons. The molecule has 0 amide bonds. The third-order valence-electron chi connectivity index (χ3n) is 3.02. The average molecular weight is 222 g/mol. The highest BCUT2D eigenvalue weighted by Crippen LogP contribution is 2.30. The van der Waals surface area contributed by atoms with Gasteiger partial charge in [-0.2, -0.15) is 0 Å². The first-order valence-electron chi connectivity index (χ1n) is 5.27. The molecule has 2 aliphatic heterocycles. The van der Waals surface area contributed by atoms with Crippen molar-refractivity contribution in [1.29, 1.82) is 0 Å². The van der Waals surface area contributed by atoms with E-state index >= 15 is 0 Å². The summed E-state index contributed by atoms with van der Waals surface area (Å²) in [5, 5.41) is 3.37. The maximum Gasteiger partial charge on any atom is 0.166 e. The molecule has 14 heavy (non-hydrogen) atoms. The van der Waals surface area contributed by atoms with E-state index < -0.39 is 0 Å². The second-order valence-electron chi connectivity index (χ2n) is 4.23. The smallest absolute Gasteiger partial charge is 0.166 e. The van der Waals surface area contributed by atoms with Gasteiger partial charge in [-0.25, -0.2) is 0 Å². The van der Waals surface area contributed by atoms with Crippen LogP contribution in [0.3, 0.4) is 0 Å². The lowest BCUT2D eigenvalue weighted by molar-refractivity contribution is -0.156. The molecule has 2 saturated heterocycles. The van der Waals surface area contributed by atoms with Gasteiger partial charge in [0.1, 0.15) is 0 Å². The maximum atomic E-state index is 5.60. The van der Waals surface area contributed by atoms with Gasteiger partial charge in [0.15, 0.2) is 5.79 Å². The number of hydrogen-bond donors (Lipinski definition) is 1. The molecule has 84 valence electrons. The van der Waals surface area contributed by atoms with Crippen molar-refractivity contribution in [3.8, 4) is 0 Å². The van der Waals surface area contributed by atoms with E-state index in [2.05, 4.69) is 12.2 Å². The Kier molecular flexibility index (Phi) is 4.64. The number of halogens is 1. The molecule has 0 aliphatic carbocycles. The van der Waals surface area contributed by atoms with Gasteiger partial charge in [-0.1, -0.05) is 0 Å². The molecule has 1 N–H and O–H groups in total. The van der Waals surface area contributed by atoms with Crippen molar-refractivity contribution in [2.45, 2.75) is 32.0 Å². The van der Waals surface area contributed by atoms with Crippen LogP contribution >= 0.6 is 12.4 Å². The fourth-order valence-corrected chi connectivity index (χ4v) is 2.28. The van der Waals surface area contributed by atoms with Crippen LogP contribution in [0.4, 0.5) is 0 Å². The minimum Gasteiger partial charge on any atom is -0.348 e. The van der Waals surface area contributed by atoms with Crippen LogP contribution in [0.5, 0.6) is 0 Å². The fourth-order valence-electron chi connectivity index (χ4n) is 2.28. The van der Waals surface area contributed by atoms with E-state index in [0.717, 1.165) is 38.6 Å². The number of nitrogens with one attached hydrogen (secondary N) is 1. The van der Waals surface area contributed by atoms with Gasteiger partial charge in [0.2, 0.25) is 0 Å². The maximum absolute atomic E-state index is 5.60. The van der Waals surface area contributed by atoms with Crippen molar-refractivity contribution in [1.82, 2.24) is 5.32 Å². The topological polar surface area (TPSA) is 30.5 Å². The van der Waals surface area contributed by atoms with Crippen LogP contribution in [-0.2, 0) is 9.47 Å². The minimum absolute atomic E-state index is 0. The second-order valence-corrected chi connectivity index (χ2v) is 4.23. The predicted octanol–water partition coefficient (Wildman–Crippen LogP) is 1.56. The summed E-state index contributed by atoms with van der Waals surface area (Å²) in [5.41, 5.74) is 0.